The lowest BCUT2D eigenvalue weighted by atomic mass is 10.1. The molecule has 0 N–H and O–H groups in total. The minimum absolute atomic E-state index is 0.951. The Morgan fingerprint density at radius 1 is 1.57 bits per heavy atom. The van der Waals surface area contributed by atoms with Gasteiger partial charge in [-0.05, 0) is 13.8 Å². The molecule has 2 heteroatoms. The smallest absolute Gasteiger partial charge is 0.126 e. The monoisotopic (exact) mass is 99.0 g/mol. The molecular weight excluding hydrogens is 92.1 g/mol. The fraction of sp³-hybridized carbons (Fsp3) is 0.600. The molecule has 0 aliphatic heterocycles. The summed E-state index contributed by atoms with van der Waals surface area (Å²) in [6.07, 6.45) is 0.951. The van der Waals surface area contributed by atoms with E-state index in [0.717, 1.165) is 6.08 Å². The predicted molar refractivity (Wildman–Crippen MR) is 25.0 cm³/mol. The number of rotatable bonds is 1. The van der Waals surface area contributed by atoms with E-state index in [4.69, 9.17) is 0 Å². The Morgan fingerprint density at radius 3 is 2.00 bits per heavy atom. The van der Waals surface area contributed by atoms with Crippen LogP contribution in [0.2, 0.25) is 0 Å². The van der Waals surface area contributed by atoms with Crippen LogP contribution in [0.5, 0.6) is 0 Å². The highest BCUT2D eigenvalue weighted by atomic mass is 16.3. The molecule has 0 aromatic heterocycles. The number of hydrogen-bond donors (Lipinski definition) is 0. The van der Waals surface area contributed by atoms with Crippen molar-refractivity contribution in [2.24, 2.45) is 0 Å². The molecule has 0 aromatic rings. The van der Waals surface area contributed by atoms with E-state index in [-0.39, 0.29) is 0 Å². The van der Waals surface area contributed by atoms with Crippen LogP contribution in [-0.4, -0.2) is 11.5 Å². The van der Waals surface area contributed by atoms with Crippen molar-refractivity contribution < 1.29 is 9.90 Å². The SMILES string of the molecule is CC(C)([O])C=C=O. The Balaban J connectivity index is 3.80. The second kappa shape index (κ2) is 1.92. The molecule has 0 aliphatic carbocycles. The summed E-state index contributed by atoms with van der Waals surface area (Å²) in [5.41, 5.74) is -1.25. The summed E-state index contributed by atoms with van der Waals surface area (Å²) in [5.74, 6) is 1.42. The van der Waals surface area contributed by atoms with E-state index in [1.54, 1.807) is 0 Å². The molecule has 0 fully saturated rings. The van der Waals surface area contributed by atoms with Crippen molar-refractivity contribution in [1.29, 1.82) is 0 Å². The van der Waals surface area contributed by atoms with Gasteiger partial charge in [0, 0.05) is 6.08 Å². The van der Waals surface area contributed by atoms with E-state index in [1.165, 1.54) is 19.8 Å². The van der Waals surface area contributed by atoms with Crippen LogP contribution in [-0.2, 0) is 9.90 Å². The van der Waals surface area contributed by atoms with Crippen LogP contribution >= 0.6 is 0 Å². The van der Waals surface area contributed by atoms with Gasteiger partial charge in [-0.1, -0.05) is 0 Å². The third kappa shape index (κ3) is 5.41. The van der Waals surface area contributed by atoms with Gasteiger partial charge in [-0.2, -0.15) is 0 Å². The zero-order valence-corrected chi connectivity index (χ0v) is 4.39. The highest BCUT2D eigenvalue weighted by Gasteiger charge is 2.08. The summed E-state index contributed by atoms with van der Waals surface area (Å²) in [6.45, 7) is 2.80. The van der Waals surface area contributed by atoms with Crippen molar-refractivity contribution >= 4 is 5.94 Å². The van der Waals surface area contributed by atoms with E-state index in [0.29, 0.717) is 0 Å². The summed E-state index contributed by atoms with van der Waals surface area (Å²) in [4.78, 5) is 9.44. The van der Waals surface area contributed by atoms with Crippen LogP contribution in [0.3, 0.4) is 0 Å². The van der Waals surface area contributed by atoms with Crippen molar-refractivity contribution in [3.05, 3.63) is 6.08 Å². The molecular formula is C5H7O2. The molecule has 0 rings (SSSR count). The van der Waals surface area contributed by atoms with E-state index in [2.05, 4.69) is 0 Å². The molecule has 1 radical (unpaired) electrons. The maximum atomic E-state index is 10.4. The third-order valence-electron chi connectivity index (χ3n) is 0.407. The lowest BCUT2D eigenvalue weighted by Gasteiger charge is -2.01. The molecule has 39 valence electrons. The first-order chi connectivity index (χ1) is 3.06. The van der Waals surface area contributed by atoms with Gasteiger partial charge in [0.1, 0.15) is 11.5 Å². The van der Waals surface area contributed by atoms with E-state index in [9.17, 15) is 9.90 Å². The molecule has 0 bridgehead atoms. The Bertz CT molecular complexity index is 93.1. The van der Waals surface area contributed by atoms with Crippen molar-refractivity contribution in [2.75, 3.05) is 0 Å². The first kappa shape index (κ1) is 6.41. The molecule has 0 aromatic carbocycles. The van der Waals surface area contributed by atoms with Crippen LogP contribution < -0.4 is 0 Å². The minimum Gasteiger partial charge on any atom is -0.234 e. The largest absolute Gasteiger partial charge is 0.234 e. The summed E-state index contributed by atoms with van der Waals surface area (Å²) < 4.78 is 0. The first-order valence-electron chi connectivity index (χ1n) is 1.99. The van der Waals surface area contributed by atoms with Gasteiger partial charge in [0.05, 0.1) is 0 Å². The average Bonchev–Trinajstić information content (AvgIpc) is 1.30. The topological polar surface area (TPSA) is 37.0 Å². The zero-order chi connectivity index (χ0) is 5.91. The van der Waals surface area contributed by atoms with Crippen molar-refractivity contribution in [3.63, 3.8) is 0 Å². The Hall–Kier alpha value is -0.590. The normalized spacial score (nSPS) is 10.1. The highest BCUT2D eigenvalue weighted by Crippen LogP contribution is 1.99. The van der Waals surface area contributed by atoms with Crippen LogP contribution in [0.1, 0.15) is 13.8 Å². The van der Waals surface area contributed by atoms with Gasteiger partial charge in [0.15, 0.2) is 0 Å². The van der Waals surface area contributed by atoms with Gasteiger partial charge < -0.3 is 0 Å². The number of hydrogen-bond acceptors (Lipinski definition) is 1. The highest BCUT2D eigenvalue weighted by molar-refractivity contribution is 5.47. The van der Waals surface area contributed by atoms with E-state index < -0.39 is 5.60 Å². The standard InChI is InChI=1S/C5H7O2/c1-5(2,7)3-4-6/h3H,1-2H3. The van der Waals surface area contributed by atoms with Gasteiger partial charge in [0.25, 0.3) is 0 Å². The Morgan fingerprint density at radius 2 is 2.00 bits per heavy atom. The molecule has 7 heavy (non-hydrogen) atoms. The first-order valence-corrected chi connectivity index (χ1v) is 1.99. The van der Waals surface area contributed by atoms with Gasteiger partial charge in [-0.15, -0.1) is 0 Å². The van der Waals surface area contributed by atoms with Gasteiger partial charge >= 0.3 is 0 Å². The fourth-order valence-electron chi connectivity index (χ4n) is 0.142. The lowest BCUT2D eigenvalue weighted by molar-refractivity contribution is 0.0500. The minimum atomic E-state index is -1.25. The van der Waals surface area contributed by atoms with Crippen LogP contribution in [0.25, 0.3) is 0 Å². The molecule has 0 aliphatic rings. The number of carbonyl (C=O) groups excluding carboxylic acids is 1. The maximum absolute atomic E-state index is 10.4. The summed E-state index contributed by atoms with van der Waals surface area (Å²) in [7, 11) is 0. The molecule has 0 spiro atoms. The quantitative estimate of drug-likeness (QED) is 0.443. The van der Waals surface area contributed by atoms with Gasteiger partial charge in [-0.3, -0.25) is 0 Å². The fourth-order valence-corrected chi connectivity index (χ4v) is 0.142. The Kier molecular flexibility index (Phi) is 1.75. The molecule has 0 atom stereocenters. The van der Waals surface area contributed by atoms with Crippen molar-refractivity contribution in [2.45, 2.75) is 19.4 Å². The summed E-state index contributed by atoms with van der Waals surface area (Å²) in [5, 5.41) is 10.4. The Labute approximate surface area is 42.5 Å². The van der Waals surface area contributed by atoms with Gasteiger partial charge in [-0.25, -0.2) is 9.90 Å². The average molecular weight is 99.1 g/mol. The maximum Gasteiger partial charge on any atom is 0.126 e. The van der Waals surface area contributed by atoms with Crippen molar-refractivity contribution in [3.8, 4) is 0 Å². The van der Waals surface area contributed by atoms with Crippen LogP contribution in [0.4, 0.5) is 0 Å². The molecule has 2 nitrogen and oxygen atoms in total. The third-order valence-corrected chi connectivity index (χ3v) is 0.407. The molecule has 0 saturated carbocycles. The van der Waals surface area contributed by atoms with Gasteiger partial charge in [0.2, 0.25) is 0 Å². The second-order valence-corrected chi connectivity index (χ2v) is 1.87. The van der Waals surface area contributed by atoms with E-state index in [1.807, 2.05) is 0 Å². The summed E-state index contributed by atoms with van der Waals surface area (Å²) >= 11 is 0. The van der Waals surface area contributed by atoms with Crippen molar-refractivity contribution in [1.82, 2.24) is 0 Å². The molecule has 0 amide bonds. The van der Waals surface area contributed by atoms with Crippen LogP contribution in [0, 0.1) is 0 Å². The molecule has 0 unspecified atom stereocenters. The zero-order valence-electron chi connectivity index (χ0n) is 4.39. The predicted octanol–water partition coefficient (Wildman–Crippen LogP) is 0.583. The molecule has 0 heterocycles. The van der Waals surface area contributed by atoms with E-state index >= 15 is 0 Å². The molecule has 0 saturated heterocycles. The summed E-state index contributed by atoms with van der Waals surface area (Å²) in [6, 6.07) is 0. The lowest BCUT2D eigenvalue weighted by Crippen LogP contribution is -2.11. The van der Waals surface area contributed by atoms with Crippen LogP contribution in [0.15, 0.2) is 6.08 Å². The second-order valence-electron chi connectivity index (χ2n) is 1.87.